The lowest BCUT2D eigenvalue weighted by Gasteiger charge is -2.26. The topological polar surface area (TPSA) is 66.8 Å². The lowest BCUT2D eigenvalue weighted by molar-refractivity contribution is -0.116. The maximum absolute atomic E-state index is 12.9. The Morgan fingerprint density at radius 3 is 2.53 bits per heavy atom. The van der Waals surface area contributed by atoms with Crippen LogP contribution >= 0.6 is 0 Å². The Hall–Kier alpha value is -2.90. The molecule has 1 amide bonds. The summed E-state index contributed by atoms with van der Waals surface area (Å²) in [5.74, 6) is -0.262. The molecule has 160 valence electrons. The summed E-state index contributed by atoms with van der Waals surface area (Å²) in [7, 11) is 3.95. The summed E-state index contributed by atoms with van der Waals surface area (Å²) >= 11 is 0. The fraction of sp³-hybridized carbons (Fsp3) is 0.391. The molecular weight excluding hydrogens is 380 g/mol. The number of pyridine rings is 1. The van der Waals surface area contributed by atoms with Crippen LogP contribution in [0.25, 0.3) is 11.8 Å². The molecule has 1 N–H and O–H groups in total. The van der Waals surface area contributed by atoms with Crippen molar-refractivity contribution in [1.29, 1.82) is 0 Å². The number of anilines is 1. The zero-order chi connectivity index (χ0) is 21.3. The van der Waals surface area contributed by atoms with Gasteiger partial charge in [-0.25, -0.2) is 0 Å². The van der Waals surface area contributed by atoms with Crippen molar-refractivity contribution in [3.63, 3.8) is 0 Å². The number of nitrogens with zero attached hydrogens (tertiary/aromatic N) is 3. The number of aromatic nitrogens is 1. The van der Waals surface area contributed by atoms with E-state index in [9.17, 15) is 9.59 Å². The first-order valence-electron chi connectivity index (χ1n) is 10.3. The largest absolute Gasteiger partial charge is 0.379 e. The molecule has 1 fully saturated rings. The van der Waals surface area contributed by atoms with Gasteiger partial charge in [-0.05, 0) is 42.8 Å². The van der Waals surface area contributed by atoms with Crippen LogP contribution in [0.2, 0.25) is 0 Å². The Labute approximate surface area is 177 Å². The number of rotatable bonds is 8. The van der Waals surface area contributed by atoms with Crippen LogP contribution in [0.1, 0.15) is 12.0 Å². The van der Waals surface area contributed by atoms with Gasteiger partial charge in [0.25, 0.3) is 11.5 Å². The molecule has 30 heavy (non-hydrogen) atoms. The second-order valence-electron chi connectivity index (χ2n) is 7.49. The van der Waals surface area contributed by atoms with E-state index >= 15 is 0 Å². The van der Waals surface area contributed by atoms with Crippen molar-refractivity contribution >= 4 is 23.4 Å². The van der Waals surface area contributed by atoms with Gasteiger partial charge in [0.1, 0.15) is 5.70 Å². The van der Waals surface area contributed by atoms with Gasteiger partial charge in [-0.15, -0.1) is 0 Å². The molecule has 1 aliphatic heterocycles. The zero-order valence-electron chi connectivity index (χ0n) is 17.7. The van der Waals surface area contributed by atoms with E-state index in [2.05, 4.69) is 10.2 Å². The van der Waals surface area contributed by atoms with Gasteiger partial charge in [0.05, 0.1) is 13.2 Å². The number of amides is 1. The van der Waals surface area contributed by atoms with Crippen molar-refractivity contribution in [2.45, 2.75) is 6.42 Å². The highest BCUT2D eigenvalue weighted by Gasteiger charge is 2.14. The standard InChI is InChI=1S/C23H30N4O3/c1-25(2)20-9-7-19(8-10-20)18-21(27-13-4-3-6-22(27)28)23(29)24-11-5-12-26-14-16-30-17-15-26/h3-4,6-10,13,18H,5,11-12,14-17H2,1-2H3,(H,24,29). The molecule has 0 spiro atoms. The Morgan fingerprint density at radius 2 is 1.87 bits per heavy atom. The van der Waals surface area contributed by atoms with Crippen LogP contribution in [0.5, 0.6) is 0 Å². The highest BCUT2D eigenvalue weighted by molar-refractivity contribution is 6.18. The van der Waals surface area contributed by atoms with Crippen LogP contribution in [0, 0.1) is 0 Å². The quantitative estimate of drug-likeness (QED) is 0.531. The van der Waals surface area contributed by atoms with E-state index in [-0.39, 0.29) is 11.5 Å². The van der Waals surface area contributed by atoms with Gasteiger partial charge in [0, 0.05) is 51.7 Å². The first-order valence-corrected chi connectivity index (χ1v) is 10.3. The second-order valence-corrected chi connectivity index (χ2v) is 7.49. The van der Waals surface area contributed by atoms with Crippen LogP contribution < -0.4 is 15.8 Å². The smallest absolute Gasteiger partial charge is 0.268 e. The Balaban J connectivity index is 1.71. The van der Waals surface area contributed by atoms with Gasteiger partial charge in [-0.3, -0.25) is 19.1 Å². The molecule has 0 aliphatic carbocycles. The third-order valence-corrected chi connectivity index (χ3v) is 5.07. The third-order valence-electron chi connectivity index (χ3n) is 5.07. The molecule has 3 rings (SSSR count). The first kappa shape index (κ1) is 21.8. The summed E-state index contributed by atoms with van der Waals surface area (Å²) < 4.78 is 6.75. The van der Waals surface area contributed by atoms with Gasteiger partial charge in [-0.2, -0.15) is 0 Å². The number of nitrogens with one attached hydrogen (secondary N) is 1. The van der Waals surface area contributed by atoms with Gasteiger partial charge >= 0.3 is 0 Å². The molecular formula is C23H30N4O3. The normalized spacial score (nSPS) is 15.1. The molecule has 0 radical (unpaired) electrons. The van der Waals surface area contributed by atoms with Crippen molar-refractivity contribution in [3.8, 4) is 0 Å². The number of carbonyl (C=O) groups excluding carboxylic acids is 1. The van der Waals surface area contributed by atoms with Gasteiger partial charge < -0.3 is 15.0 Å². The van der Waals surface area contributed by atoms with Crippen LogP contribution in [0.15, 0.2) is 53.5 Å². The number of morpholine rings is 1. The van der Waals surface area contributed by atoms with E-state index in [1.165, 1.54) is 10.6 Å². The monoisotopic (exact) mass is 410 g/mol. The first-order chi connectivity index (χ1) is 14.5. The van der Waals surface area contributed by atoms with Crippen molar-refractivity contribution < 1.29 is 9.53 Å². The van der Waals surface area contributed by atoms with E-state index in [1.54, 1.807) is 24.4 Å². The molecule has 1 aliphatic rings. The molecule has 0 saturated carbocycles. The number of ether oxygens (including phenoxy) is 1. The number of hydrogen-bond acceptors (Lipinski definition) is 5. The third kappa shape index (κ3) is 6.05. The molecule has 1 aromatic carbocycles. The molecule has 0 bridgehead atoms. The highest BCUT2D eigenvalue weighted by atomic mass is 16.5. The van der Waals surface area contributed by atoms with Gasteiger partial charge in [-0.1, -0.05) is 18.2 Å². The predicted molar refractivity (Wildman–Crippen MR) is 121 cm³/mol. The molecule has 0 atom stereocenters. The van der Waals surface area contributed by atoms with Crippen LogP contribution in [-0.2, 0) is 9.53 Å². The summed E-state index contributed by atoms with van der Waals surface area (Å²) in [6.07, 6.45) is 4.22. The molecule has 1 saturated heterocycles. The maximum atomic E-state index is 12.9. The summed E-state index contributed by atoms with van der Waals surface area (Å²) in [6.45, 7) is 4.86. The molecule has 7 nitrogen and oxygen atoms in total. The van der Waals surface area contributed by atoms with Gasteiger partial charge in [0.2, 0.25) is 0 Å². The number of hydrogen-bond donors (Lipinski definition) is 1. The van der Waals surface area contributed by atoms with Crippen molar-refractivity contribution in [2.75, 3.05) is 58.4 Å². The maximum Gasteiger partial charge on any atom is 0.268 e. The minimum atomic E-state index is -0.262. The fourth-order valence-corrected chi connectivity index (χ4v) is 3.32. The fourth-order valence-electron chi connectivity index (χ4n) is 3.32. The van der Waals surface area contributed by atoms with Crippen LogP contribution in [-0.4, -0.2) is 68.9 Å². The van der Waals surface area contributed by atoms with E-state index in [0.717, 1.165) is 50.5 Å². The van der Waals surface area contributed by atoms with Crippen molar-refractivity contribution in [1.82, 2.24) is 14.8 Å². The Kier molecular flexibility index (Phi) is 7.82. The van der Waals surface area contributed by atoms with Crippen molar-refractivity contribution in [2.24, 2.45) is 0 Å². The molecule has 0 unspecified atom stereocenters. The molecule has 7 heteroatoms. The molecule has 1 aromatic heterocycles. The zero-order valence-corrected chi connectivity index (χ0v) is 17.7. The molecule has 2 aromatic rings. The van der Waals surface area contributed by atoms with E-state index in [4.69, 9.17) is 4.74 Å². The van der Waals surface area contributed by atoms with E-state index < -0.39 is 0 Å². The lowest BCUT2D eigenvalue weighted by atomic mass is 10.1. The SMILES string of the molecule is CN(C)c1ccc(C=C(C(=O)NCCCN2CCOCC2)n2ccccc2=O)cc1. The average molecular weight is 411 g/mol. The van der Waals surface area contributed by atoms with Crippen LogP contribution in [0.4, 0.5) is 5.69 Å². The summed E-state index contributed by atoms with van der Waals surface area (Å²) in [5.41, 5.74) is 2.00. The van der Waals surface area contributed by atoms with Gasteiger partial charge in [0.15, 0.2) is 0 Å². The minimum absolute atomic E-state index is 0.239. The number of carbonyl (C=O) groups is 1. The molecule has 2 heterocycles. The van der Waals surface area contributed by atoms with Crippen LogP contribution in [0.3, 0.4) is 0 Å². The van der Waals surface area contributed by atoms with E-state index in [0.29, 0.717) is 12.2 Å². The highest BCUT2D eigenvalue weighted by Crippen LogP contribution is 2.16. The Bertz CT molecular complexity index is 913. The summed E-state index contributed by atoms with van der Waals surface area (Å²) in [4.78, 5) is 29.6. The predicted octanol–water partition coefficient (Wildman–Crippen LogP) is 1.75. The minimum Gasteiger partial charge on any atom is -0.379 e. The summed E-state index contributed by atoms with van der Waals surface area (Å²) in [5, 5.41) is 2.96. The lowest BCUT2D eigenvalue weighted by Crippen LogP contribution is -2.38. The summed E-state index contributed by atoms with van der Waals surface area (Å²) in [6, 6.07) is 12.7. The second kappa shape index (κ2) is 10.8. The van der Waals surface area contributed by atoms with E-state index in [1.807, 2.05) is 43.3 Å². The number of benzene rings is 1. The average Bonchev–Trinajstić information content (AvgIpc) is 2.76. The van der Waals surface area contributed by atoms with Crippen molar-refractivity contribution in [3.05, 3.63) is 64.6 Å². The Morgan fingerprint density at radius 1 is 1.13 bits per heavy atom.